The van der Waals surface area contributed by atoms with Gasteiger partial charge in [0, 0.05) is 16.7 Å². The number of nitrogens with zero attached hydrogens (tertiary/aromatic N) is 1. The molecule has 8 atom stereocenters. The van der Waals surface area contributed by atoms with Crippen LogP contribution in [0.2, 0.25) is 0 Å². The smallest absolute Gasteiger partial charge is 0.294 e. The number of ether oxygens (including phenoxy) is 2. The number of carbonyl (C=O) groups excluding carboxylic acids is 2. The number of Topliss-reactive ketones (excluding diaryl/α,β-unsaturated/α-hetero) is 1. The Labute approximate surface area is 196 Å². The van der Waals surface area contributed by atoms with Crippen molar-refractivity contribution >= 4 is 11.6 Å². The molecule has 5 rings (SSSR count). The minimum absolute atomic E-state index is 0.102. The van der Waals surface area contributed by atoms with E-state index in [1.807, 2.05) is 0 Å². The third-order valence-electron chi connectivity index (χ3n) is 9.35. The van der Waals surface area contributed by atoms with Gasteiger partial charge in [0.2, 0.25) is 0 Å². The van der Waals surface area contributed by atoms with Gasteiger partial charge in [-0.05, 0) is 64.5 Å². The lowest BCUT2D eigenvalue weighted by molar-refractivity contribution is -0.754. The summed E-state index contributed by atoms with van der Waals surface area (Å²) in [6.45, 7) is 6.02. The predicted octanol–water partition coefficient (Wildman–Crippen LogP) is 2.63. The summed E-state index contributed by atoms with van der Waals surface area (Å²) in [6.07, 6.45) is 3.26. The Bertz CT molecular complexity index is 1040. The van der Waals surface area contributed by atoms with Gasteiger partial charge in [0.25, 0.3) is 5.09 Å². The first kappa shape index (κ1) is 23.6. The molecule has 1 unspecified atom stereocenters. The zero-order valence-corrected chi connectivity index (χ0v) is 19.7. The number of alkyl halides is 1. The van der Waals surface area contributed by atoms with Crippen LogP contribution >= 0.6 is 0 Å². The van der Waals surface area contributed by atoms with Gasteiger partial charge in [-0.1, -0.05) is 18.6 Å². The Morgan fingerprint density at radius 3 is 2.71 bits per heavy atom. The number of rotatable bonds is 4. The maximum atomic E-state index is 17.2. The molecule has 0 amide bonds. The monoisotopic (exact) mass is 479 g/mol. The number of halogens is 1. The van der Waals surface area contributed by atoms with E-state index in [1.54, 1.807) is 33.8 Å². The first-order valence-corrected chi connectivity index (χ1v) is 11.7. The van der Waals surface area contributed by atoms with E-state index in [9.17, 15) is 24.8 Å². The zero-order chi connectivity index (χ0) is 24.9. The van der Waals surface area contributed by atoms with Crippen molar-refractivity contribution in [3.8, 4) is 0 Å². The average molecular weight is 480 g/mol. The molecule has 5 aliphatic rings. The fraction of sp³-hybridized carbons (Fsp3) is 0.750. The van der Waals surface area contributed by atoms with E-state index < -0.39 is 69.4 Å². The molecule has 9 nitrogen and oxygen atoms in total. The fourth-order valence-corrected chi connectivity index (χ4v) is 8.03. The Balaban J connectivity index is 1.60. The van der Waals surface area contributed by atoms with E-state index in [0.717, 1.165) is 0 Å². The normalized spacial score (nSPS) is 48.3. The van der Waals surface area contributed by atoms with E-state index in [0.29, 0.717) is 24.8 Å². The minimum Gasteiger partial charge on any atom is -0.390 e. The maximum absolute atomic E-state index is 17.2. The summed E-state index contributed by atoms with van der Waals surface area (Å²) in [5.41, 5.74) is -5.22. The van der Waals surface area contributed by atoms with Gasteiger partial charge >= 0.3 is 0 Å². The summed E-state index contributed by atoms with van der Waals surface area (Å²) in [4.78, 5) is 40.7. The lowest BCUT2D eigenvalue weighted by Crippen LogP contribution is -2.70. The largest absolute Gasteiger partial charge is 0.390 e. The Kier molecular flexibility index (Phi) is 4.82. The molecule has 10 heteroatoms. The van der Waals surface area contributed by atoms with Crippen molar-refractivity contribution in [3.05, 3.63) is 33.9 Å². The number of carbonyl (C=O) groups is 2. The summed E-state index contributed by atoms with van der Waals surface area (Å²) < 4.78 is 29.6. The van der Waals surface area contributed by atoms with E-state index >= 15 is 4.39 Å². The van der Waals surface area contributed by atoms with Crippen LogP contribution in [0.5, 0.6) is 0 Å². The van der Waals surface area contributed by atoms with Gasteiger partial charge in [0.15, 0.2) is 35.2 Å². The summed E-state index contributed by atoms with van der Waals surface area (Å²) >= 11 is 0. The molecule has 1 N–H and O–H groups in total. The molecule has 1 saturated heterocycles. The quantitative estimate of drug-likeness (QED) is 0.482. The van der Waals surface area contributed by atoms with Gasteiger partial charge in [-0.25, -0.2) is 4.39 Å². The molecular weight excluding hydrogens is 449 g/mol. The standard InChI is InChI=1S/C24H30FNO8/c1-20(2)33-19-10-16-15-6-5-13-9-14(27)7-8-21(13,3)23(15,25)17(28)11-22(16,4)24(19,34-20)18(29)12-32-26(30)31/h7-9,15-17,19,28H,5-6,10-12H2,1-4H3/t15-,16-,17-,19+,21-,22-,23?,24+/m0/s1. The van der Waals surface area contributed by atoms with Gasteiger partial charge in [-0.3, -0.25) is 9.59 Å². The molecule has 0 bridgehead atoms. The van der Waals surface area contributed by atoms with Crippen molar-refractivity contribution in [1.29, 1.82) is 0 Å². The molecule has 0 radical (unpaired) electrons. The van der Waals surface area contributed by atoms with Gasteiger partial charge in [0.05, 0.1) is 12.2 Å². The van der Waals surface area contributed by atoms with Crippen LogP contribution in [0.1, 0.15) is 53.4 Å². The highest BCUT2D eigenvalue weighted by atomic mass is 19.1. The van der Waals surface area contributed by atoms with Crippen molar-refractivity contribution in [1.82, 2.24) is 0 Å². The topological polar surface area (TPSA) is 125 Å². The summed E-state index contributed by atoms with van der Waals surface area (Å²) in [5.74, 6) is -3.01. The van der Waals surface area contributed by atoms with Crippen LogP contribution in [-0.4, -0.2) is 57.6 Å². The van der Waals surface area contributed by atoms with Gasteiger partial charge in [0.1, 0.15) is 0 Å². The molecule has 1 aliphatic heterocycles. The van der Waals surface area contributed by atoms with Crippen LogP contribution in [0.3, 0.4) is 0 Å². The molecule has 4 fully saturated rings. The van der Waals surface area contributed by atoms with Crippen LogP contribution in [0.25, 0.3) is 0 Å². The summed E-state index contributed by atoms with van der Waals surface area (Å²) in [7, 11) is 0. The van der Waals surface area contributed by atoms with Gasteiger partial charge in [-0.15, -0.1) is 10.1 Å². The van der Waals surface area contributed by atoms with Crippen LogP contribution < -0.4 is 0 Å². The van der Waals surface area contributed by atoms with Crippen molar-refractivity contribution in [2.75, 3.05) is 6.61 Å². The third kappa shape index (κ3) is 2.70. The number of ketones is 2. The van der Waals surface area contributed by atoms with Crippen LogP contribution in [0.4, 0.5) is 4.39 Å². The van der Waals surface area contributed by atoms with Gasteiger partial charge < -0.3 is 19.4 Å². The number of hydrogen-bond donors (Lipinski definition) is 1. The molecule has 0 aromatic heterocycles. The highest BCUT2D eigenvalue weighted by molar-refractivity contribution is 6.01. The van der Waals surface area contributed by atoms with E-state index in [2.05, 4.69) is 4.84 Å². The van der Waals surface area contributed by atoms with Crippen molar-refractivity contribution in [2.45, 2.75) is 82.6 Å². The van der Waals surface area contributed by atoms with Crippen LogP contribution in [0.15, 0.2) is 23.8 Å². The third-order valence-corrected chi connectivity index (χ3v) is 9.35. The molecule has 0 aromatic carbocycles. The number of allylic oxidation sites excluding steroid dienone is 4. The van der Waals surface area contributed by atoms with E-state index in [-0.39, 0.29) is 12.2 Å². The highest BCUT2D eigenvalue weighted by Gasteiger charge is 2.80. The van der Waals surface area contributed by atoms with Gasteiger partial charge in [-0.2, -0.15) is 0 Å². The Hall–Kier alpha value is -2.17. The van der Waals surface area contributed by atoms with Crippen molar-refractivity contribution in [2.24, 2.45) is 22.7 Å². The van der Waals surface area contributed by atoms with E-state index in [4.69, 9.17) is 9.47 Å². The molecule has 1 heterocycles. The highest BCUT2D eigenvalue weighted by Crippen LogP contribution is 2.72. The number of hydrogen-bond acceptors (Lipinski definition) is 8. The van der Waals surface area contributed by atoms with Crippen molar-refractivity contribution in [3.63, 3.8) is 0 Å². The molecule has 3 saturated carbocycles. The molecule has 4 aliphatic carbocycles. The zero-order valence-electron chi connectivity index (χ0n) is 19.7. The van der Waals surface area contributed by atoms with Crippen molar-refractivity contribution < 1.29 is 38.5 Å². The fourth-order valence-electron chi connectivity index (χ4n) is 8.03. The molecule has 0 aromatic rings. The van der Waals surface area contributed by atoms with Crippen LogP contribution in [0, 0.1) is 32.8 Å². The predicted molar refractivity (Wildman–Crippen MR) is 114 cm³/mol. The Morgan fingerprint density at radius 2 is 2.03 bits per heavy atom. The van der Waals surface area contributed by atoms with Crippen LogP contribution in [-0.2, 0) is 23.9 Å². The molecule has 0 spiro atoms. The summed E-state index contributed by atoms with van der Waals surface area (Å²) in [5, 5.41) is 21.2. The second-order valence-corrected chi connectivity index (χ2v) is 11.3. The number of aliphatic hydroxyl groups is 1. The maximum Gasteiger partial charge on any atom is 0.294 e. The first-order valence-electron chi connectivity index (χ1n) is 11.7. The molecular formula is C24H30FNO8. The number of fused-ring (bicyclic) bond motifs is 7. The second kappa shape index (κ2) is 6.95. The molecule has 186 valence electrons. The molecule has 34 heavy (non-hydrogen) atoms. The lowest BCUT2D eigenvalue weighted by atomic mass is 9.44. The lowest BCUT2D eigenvalue weighted by Gasteiger charge is -2.62. The first-order chi connectivity index (χ1) is 15.7. The minimum atomic E-state index is -2.06. The number of aliphatic hydroxyl groups excluding tert-OH is 1. The Morgan fingerprint density at radius 1 is 1.32 bits per heavy atom. The second-order valence-electron chi connectivity index (χ2n) is 11.3. The average Bonchev–Trinajstić information content (AvgIpc) is 3.14. The summed E-state index contributed by atoms with van der Waals surface area (Å²) in [6, 6.07) is 0. The van der Waals surface area contributed by atoms with E-state index in [1.165, 1.54) is 12.2 Å². The SMILES string of the molecule is CC1(C)O[C@@H]2C[C@H]3[C@@H]4CCC5=CC(=O)C=C[C@]5(C)C4(F)[C@@H](O)C[C@]3(C)[C@]2(C(=O)CO[N+](=O)[O-])O1.